The first kappa shape index (κ1) is 12.9. The van der Waals surface area contributed by atoms with E-state index in [1.165, 1.54) is 0 Å². The second-order valence-corrected chi connectivity index (χ2v) is 4.70. The Balaban J connectivity index is 1.74. The molecule has 0 bridgehead atoms. The van der Waals surface area contributed by atoms with Crippen LogP contribution in [0, 0.1) is 5.92 Å². The average molecular weight is 249 g/mol. The fraction of sp³-hybridized carbons (Fsp3) is 0.500. The van der Waals surface area contributed by atoms with E-state index < -0.39 is 6.09 Å². The van der Waals surface area contributed by atoms with Crippen molar-refractivity contribution >= 4 is 6.09 Å². The van der Waals surface area contributed by atoms with E-state index >= 15 is 0 Å². The number of amides is 1. The zero-order chi connectivity index (χ0) is 12.8. The van der Waals surface area contributed by atoms with Crippen LogP contribution < -0.4 is 10.1 Å². The lowest BCUT2D eigenvalue weighted by molar-refractivity contribution is 0.0698. The van der Waals surface area contributed by atoms with Gasteiger partial charge >= 0.3 is 6.09 Å². The summed E-state index contributed by atoms with van der Waals surface area (Å²) in [6, 6.07) is 8.95. The van der Waals surface area contributed by atoms with Crippen molar-refractivity contribution < 1.29 is 14.6 Å². The Hall–Kier alpha value is -1.55. The number of para-hydroxylation sites is 1. The molecule has 1 aromatic rings. The van der Waals surface area contributed by atoms with Crippen LogP contribution in [0.3, 0.4) is 0 Å². The van der Waals surface area contributed by atoms with Crippen LogP contribution in [0.15, 0.2) is 30.3 Å². The molecule has 1 aliphatic carbocycles. The summed E-state index contributed by atoms with van der Waals surface area (Å²) < 4.78 is 5.11. The van der Waals surface area contributed by atoms with Crippen LogP contribution in [0.2, 0.25) is 0 Å². The lowest BCUT2D eigenvalue weighted by atomic mass is 9.86. The number of ether oxygens (including phenoxy) is 1. The van der Waals surface area contributed by atoms with E-state index in [2.05, 4.69) is 5.32 Å². The fourth-order valence-electron chi connectivity index (χ4n) is 2.27. The first-order valence-electron chi connectivity index (χ1n) is 6.44. The van der Waals surface area contributed by atoms with E-state index in [0.29, 0.717) is 12.3 Å². The van der Waals surface area contributed by atoms with E-state index in [1.807, 2.05) is 18.2 Å². The van der Waals surface area contributed by atoms with Gasteiger partial charge in [0.15, 0.2) is 0 Å². The van der Waals surface area contributed by atoms with Crippen molar-refractivity contribution in [3.05, 3.63) is 30.3 Å². The van der Waals surface area contributed by atoms with Crippen LogP contribution in [0.5, 0.6) is 5.75 Å². The Morgan fingerprint density at radius 2 is 2.00 bits per heavy atom. The number of aliphatic hydroxyl groups excluding tert-OH is 1. The molecular formula is C14H19NO3. The normalized spacial score (nSPS) is 23.4. The molecule has 4 nitrogen and oxygen atoms in total. The molecule has 1 aliphatic rings. The van der Waals surface area contributed by atoms with Crippen molar-refractivity contribution in [2.75, 3.05) is 6.54 Å². The van der Waals surface area contributed by atoms with Crippen molar-refractivity contribution in [1.82, 2.24) is 5.32 Å². The van der Waals surface area contributed by atoms with Gasteiger partial charge in [-0.3, -0.25) is 0 Å². The molecule has 4 heteroatoms. The summed E-state index contributed by atoms with van der Waals surface area (Å²) in [4.78, 5) is 11.5. The molecule has 1 saturated carbocycles. The van der Waals surface area contributed by atoms with Crippen LogP contribution in [0.4, 0.5) is 4.79 Å². The summed E-state index contributed by atoms with van der Waals surface area (Å²) in [5, 5.41) is 12.5. The molecule has 0 aliphatic heterocycles. The number of carbonyl (C=O) groups excluding carboxylic acids is 1. The Bertz CT molecular complexity index is 380. The predicted molar refractivity (Wildman–Crippen MR) is 68.4 cm³/mol. The smallest absolute Gasteiger partial charge is 0.410 e. The molecule has 1 amide bonds. The number of nitrogens with one attached hydrogen (secondary N) is 1. The number of carbonyl (C=O) groups is 1. The lowest BCUT2D eigenvalue weighted by Gasteiger charge is -2.27. The largest absolute Gasteiger partial charge is 0.412 e. The summed E-state index contributed by atoms with van der Waals surface area (Å²) in [6.45, 7) is 0.479. The number of hydrogen-bond acceptors (Lipinski definition) is 3. The Morgan fingerprint density at radius 1 is 1.28 bits per heavy atom. The van der Waals surface area contributed by atoms with Gasteiger partial charge in [0.1, 0.15) is 5.75 Å². The van der Waals surface area contributed by atoms with Crippen molar-refractivity contribution in [3.63, 3.8) is 0 Å². The molecule has 0 aromatic heterocycles. The van der Waals surface area contributed by atoms with Crippen molar-refractivity contribution in [2.24, 2.45) is 5.92 Å². The fourth-order valence-corrected chi connectivity index (χ4v) is 2.27. The molecule has 0 spiro atoms. The average Bonchev–Trinajstić information content (AvgIpc) is 2.39. The van der Waals surface area contributed by atoms with E-state index in [1.54, 1.807) is 12.1 Å². The first-order valence-corrected chi connectivity index (χ1v) is 6.44. The SMILES string of the molecule is O=C(NCC1CCCCC1O)Oc1ccccc1. The highest BCUT2D eigenvalue weighted by atomic mass is 16.6. The van der Waals surface area contributed by atoms with E-state index in [4.69, 9.17) is 4.74 Å². The summed E-state index contributed by atoms with van der Waals surface area (Å²) in [5.41, 5.74) is 0. The number of hydrogen-bond donors (Lipinski definition) is 2. The van der Waals surface area contributed by atoms with Gasteiger partial charge in [-0.1, -0.05) is 31.0 Å². The third-order valence-corrected chi connectivity index (χ3v) is 3.33. The van der Waals surface area contributed by atoms with E-state index in [-0.39, 0.29) is 12.0 Å². The van der Waals surface area contributed by atoms with Gasteiger partial charge in [-0.25, -0.2) is 4.79 Å². The van der Waals surface area contributed by atoms with Gasteiger partial charge in [0.25, 0.3) is 0 Å². The summed E-state index contributed by atoms with van der Waals surface area (Å²) in [6.07, 6.45) is 3.24. The van der Waals surface area contributed by atoms with Gasteiger partial charge in [0, 0.05) is 12.5 Å². The highest BCUT2D eigenvalue weighted by Gasteiger charge is 2.23. The molecule has 0 heterocycles. The number of benzene rings is 1. The van der Waals surface area contributed by atoms with Crippen molar-refractivity contribution in [1.29, 1.82) is 0 Å². The second kappa shape index (κ2) is 6.40. The maximum Gasteiger partial charge on any atom is 0.412 e. The summed E-state index contributed by atoms with van der Waals surface area (Å²) in [5.74, 6) is 0.682. The third kappa shape index (κ3) is 3.74. The summed E-state index contributed by atoms with van der Waals surface area (Å²) in [7, 11) is 0. The van der Waals surface area contributed by atoms with Gasteiger partial charge in [0.2, 0.25) is 0 Å². The molecule has 2 N–H and O–H groups in total. The van der Waals surface area contributed by atoms with Crippen LogP contribution in [0.1, 0.15) is 25.7 Å². The van der Waals surface area contributed by atoms with Crippen LogP contribution in [-0.2, 0) is 0 Å². The number of rotatable bonds is 3. The molecule has 98 valence electrons. The van der Waals surface area contributed by atoms with Crippen molar-refractivity contribution in [3.8, 4) is 5.75 Å². The van der Waals surface area contributed by atoms with Crippen LogP contribution >= 0.6 is 0 Å². The standard InChI is InChI=1S/C14H19NO3/c16-13-9-5-4-6-11(13)10-15-14(17)18-12-7-2-1-3-8-12/h1-3,7-8,11,13,16H,4-6,9-10H2,(H,15,17). The molecule has 0 radical (unpaired) electrons. The topological polar surface area (TPSA) is 58.6 Å². The predicted octanol–water partition coefficient (Wildman–Crippen LogP) is 2.33. The van der Waals surface area contributed by atoms with Gasteiger partial charge in [-0.05, 0) is 25.0 Å². The molecular weight excluding hydrogens is 230 g/mol. The number of aliphatic hydroxyl groups is 1. The molecule has 1 aromatic carbocycles. The highest BCUT2D eigenvalue weighted by Crippen LogP contribution is 2.23. The minimum absolute atomic E-state index is 0.155. The van der Waals surface area contributed by atoms with Gasteiger partial charge in [-0.2, -0.15) is 0 Å². The van der Waals surface area contributed by atoms with Crippen molar-refractivity contribution in [2.45, 2.75) is 31.8 Å². The molecule has 2 rings (SSSR count). The highest BCUT2D eigenvalue weighted by molar-refractivity contribution is 5.70. The zero-order valence-corrected chi connectivity index (χ0v) is 10.3. The van der Waals surface area contributed by atoms with E-state index in [0.717, 1.165) is 25.7 Å². The first-order chi connectivity index (χ1) is 8.75. The van der Waals surface area contributed by atoms with Gasteiger partial charge in [0.05, 0.1) is 6.10 Å². The third-order valence-electron chi connectivity index (χ3n) is 3.33. The minimum Gasteiger partial charge on any atom is -0.410 e. The van der Waals surface area contributed by atoms with Crippen LogP contribution in [0.25, 0.3) is 0 Å². The monoisotopic (exact) mass is 249 g/mol. The van der Waals surface area contributed by atoms with E-state index in [9.17, 15) is 9.90 Å². The maximum atomic E-state index is 11.5. The molecule has 1 fully saturated rings. The van der Waals surface area contributed by atoms with Crippen LogP contribution in [-0.4, -0.2) is 23.8 Å². The molecule has 2 unspecified atom stereocenters. The quantitative estimate of drug-likeness (QED) is 0.864. The Labute approximate surface area is 107 Å². The molecule has 2 atom stereocenters. The summed E-state index contributed by atoms with van der Waals surface area (Å²) >= 11 is 0. The second-order valence-electron chi connectivity index (χ2n) is 4.70. The maximum absolute atomic E-state index is 11.5. The lowest BCUT2D eigenvalue weighted by Crippen LogP contribution is -2.37. The Morgan fingerprint density at radius 3 is 2.72 bits per heavy atom. The molecule has 0 saturated heterocycles. The Kier molecular flexibility index (Phi) is 4.59. The molecule has 18 heavy (non-hydrogen) atoms. The van der Waals surface area contributed by atoms with Gasteiger partial charge < -0.3 is 15.2 Å². The minimum atomic E-state index is -0.459. The van der Waals surface area contributed by atoms with Gasteiger partial charge in [-0.15, -0.1) is 0 Å². The zero-order valence-electron chi connectivity index (χ0n) is 10.3.